The Balaban J connectivity index is 1.93. The summed E-state index contributed by atoms with van der Waals surface area (Å²) in [7, 11) is 2.01. The number of rotatable bonds is 21. The van der Waals surface area contributed by atoms with Gasteiger partial charge >= 0.3 is 0 Å². The number of carbonyl (C=O) groups excluding carboxylic acids is 9. The molecule has 0 spiro atoms. The number of unbranched alkanes of at least 4 members (excludes halogenated alkanes) is 1. The molecule has 0 bridgehead atoms. The van der Waals surface area contributed by atoms with E-state index >= 15 is 0 Å². The van der Waals surface area contributed by atoms with Crippen LogP contribution in [0.3, 0.4) is 0 Å². The van der Waals surface area contributed by atoms with E-state index in [0.29, 0.717) is 37.1 Å². The maximum Gasteiger partial charge on any atom is 0.245 e. The predicted molar refractivity (Wildman–Crippen MR) is 244 cm³/mol. The smallest absolute Gasteiger partial charge is 0.245 e. The van der Waals surface area contributed by atoms with Crippen LogP contribution in [0.1, 0.15) is 64.6 Å². The van der Waals surface area contributed by atoms with Gasteiger partial charge < -0.3 is 69.2 Å². The number of phenolic OH excluding ortho intramolecular Hbond substituents is 1. The zero-order valence-corrected chi connectivity index (χ0v) is 38.9. The number of hydrogen-bond acceptors (Lipinski definition) is 15. The van der Waals surface area contributed by atoms with Crippen molar-refractivity contribution < 1.29 is 53.4 Å². The zero-order chi connectivity index (χ0) is 48.9. The SMILES string of the molecule is CC[C@H](C)[C@H](NC(C)=O)C(=O)N[C@H](C(=O)N[C@H]1CSSC[C@@H](C(=O)N[C@@H](Cc2cnc[nH]2)C(=O)N[C@@H](CCCCN)C(N)=O)NC(=O)[C@H](Cc2ccc(O)cc2)NC(=O)CNC1=O)[C@@H](C)O. The van der Waals surface area contributed by atoms with E-state index in [2.05, 4.69) is 52.5 Å². The number of carbonyl (C=O) groups is 9. The van der Waals surface area contributed by atoms with E-state index in [4.69, 9.17) is 11.5 Å². The van der Waals surface area contributed by atoms with Crippen LogP contribution in [-0.4, -0.2) is 146 Å². The summed E-state index contributed by atoms with van der Waals surface area (Å²) >= 11 is 0. The lowest BCUT2D eigenvalue weighted by Gasteiger charge is -2.28. The van der Waals surface area contributed by atoms with Gasteiger partial charge in [0.05, 0.1) is 19.0 Å². The average Bonchev–Trinajstić information content (AvgIpc) is 3.79. The molecule has 3 rings (SSSR count). The fourth-order valence-electron chi connectivity index (χ4n) is 6.46. The molecule has 66 heavy (non-hydrogen) atoms. The van der Waals surface area contributed by atoms with Gasteiger partial charge in [-0.3, -0.25) is 43.2 Å². The van der Waals surface area contributed by atoms with Gasteiger partial charge in [0.25, 0.3) is 0 Å². The Labute approximate surface area is 389 Å². The third-order valence-corrected chi connectivity index (χ3v) is 12.8. The number of aliphatic hydroxyl groups is 1. The number of nitrogens with one attached hydrogen (secondary N) is 9. The van der Waals surface area contributed by atoms with Gasteiger partial charge in [0.2, 0.25) is 53.2 Å². The molecule has 25 heteroatoms. The first-order valence-corrected chi connectivity index (χ1v) is 23.8. The van der Waals surface area contributed by atoms with Crippen molar-refractivity contribution in [2.75, 3.05) is 24.6 Å². The van der Waals surface area contributed by atoms with Crippen molar-refractivity contribution in [1.82, 2.24) is 52.5 Å². The summed E-state index contributed by atoms with van der Waals surface area (Å²) < 4.78 is 0. The second-order valence-electron chi connectivity index (χ2n) is 15.8. The Hall–Kier alpha value is -5.92. The molecular weight excluding hydrogens is 901 g/mol. The number of aliphatic hydroxyl groups excluding tert-OH is 1. The van der Waals surface area contributed by atoms with Crippen LogP contribution in [0.25, 0.3) is 0 Å². The molecular formula is C41H62N12O11S2. The van der Waals surface area contributed by atoms with E-state index in [1.165, 1.54) is 50.6 Å². The lowest BCUT2D eigenvalue weighted by molar-refractivity contribution is -0.136. The Morgan fingerprint density at radius 1 is 0.879 bits per heavy atom. The quantitative estimate of drug-likeness (QED) is 0.0435. The number of benzene rings is 1. The summed E-state index contributed by atoms with van der Waals surface area (Å²) in [4.78, 5) is 127. The van der Waals surface area contributed by atoms with Crippen LogP contribution >= 0.6 is 21.6 Å². The molecule has 1 fully saturated rings. The summed E-state index contributed by atoms with van der Waals surface area (Å²) in [5.74, 6) is -7.86. The standard InChI is InChI=1S/C41H62N12O11S2/c1-5-21(2)33(47-23(4)55)40(63)53-34(22(3)54)41(64)52-30-18-65-66-19-31(51-37(60)28(48-32(57)17-45-36(30)59)14-24-9-11-26(56)12-10-24)39(62)50-29(15-25-16-44-20-46-25)38(61)49-27(35(43)58)8-6-7-13-42/h9-12,16,20-22,27-31,33-34,54,56H,5-8,13-15,17-19,42H2,1-4H3,(H2,43,58)(H,44,46)(H,45,59)(H,47,55)(H,48,57)(H,49,61)(H,50,62)(H,51,60)(H,52,64)(H,53,63)/t21-,22+,27-,28-,29-,30-,31-,33-,34-/m0/s1. The van der Waals surface area contributed by atoms with Gasteiger partial charge in [-0.15, -0.1) is 0 Å². The van der Waals surface area contributed by atoms with Crippen molar-refractivity contribution in [3.8, 4) is 5.75 Å². The predicted octanol–water partition coefficient (Wildman–Crippen LogP) is -3.13. The van der Waals surface area contributed by atoms with Crippen LogP contribution in [0.5, 0.6) is 5.75 Å². The topological polar surface area (TPSA) is 371 Å². The van der Waals surface area contributed by atoms with Crippen molar-refractivity contribution >= 4 is 74.8 Å². The van der Waals surface area contributed by atoms with Crippen LogP contribution in [0.4, 0.5) is 0 Å². The minimum Gasteiger partial charge on any atom is -0.508 e. The van der Waals surface area contributed by atoms with Gasteiger partial charge in [0.15, 0.2) is 0 Å². The summed E-state index contributed by atoms with van der Waals surface area (Å²) in [5.41, 5.74) is 12.1. The monoisotopic (exact) mass is 962 g/mol. The molecule has 2 aromatic rings. The fourth-order valence-corrected chi connectivity index (χ4v) is 8.79. The number of primary amides is 1. The molecule has 0 radical (unpaired) electrons. The van der Waals surface area contributed by atoms with E-state index in [0.717, 1.165) is 21.6 Å². The van der Waals surface area contributed by atoms with Crippen LogP contribution in [0, 0.1) is 5.92 Å². The van der Waals surface area contributed by atoms with Crippen molar-refractivity contribution in [3.63, 3.8) is 0 Å². The van der Waals surface area contributed by atoms with Gasteiger partial charge in [-0.1, -0.05) is 54.0 Å². The van der Waals surface area contributed by atoms with Crippen molar-refractivity contribution in [1.29, 1.82) is 0 Å². The van der Waals surface area contributed by atoms with Crippen LogP contribution < -0.4 is 54.0 Å². The van der Waals surface area contributed by atoms with E-state index in [-0.39, 0.29) is 42.4 Å². The molecule has 0 saturated carbocycles. The van der Waals surface area contributed by atoms with E-state index in [9.17, 15) is 53.4 Å². The first-order valence-electron chi connectivity index (χ1n) is 21.4. The van der Waals surface area contributed by atoms with Gasteiger partial charge in [0.1, 0.15) is 48.0 Å². The molecule has 9 amide bonds. The van der Waals surface area contributed by atoms with Crippen molar-refractivity contribution in [2.24, 2.45) is 17.4 Å². The highest BCUT2D eigenvalue weighted by Gasteiger charge is 2.36. The molecule has 0 unspecified atom stereocenters. The summed E-state index contributed by atoms with van der Waals surface area (Å²) in [6, 6.07) is -3.36. The van der Waals surface area contributed by atoms with E-state index < -0.39 is 108 Å². The summed E-state index contributed by atoms with van der Waals surface area (Å²) in [6.45, 7) is 5.70. The minimum absolute atomic E-state index is 0.0530. The van der Waals surface area contributed by atoms with Crippen LogP contribution in [0.2, 0.25) is 0 Å². The number of imidazole rings is 1. The Bertz CT molecular complexity index is 1980. The summed E-state index contributed by atoms with van der Waals surface area (Å²) in [6.07, 6.45) is 2.82. The maximum absolute atomic E-state index is 14.2. The lowest BCUT2D eigenvalue weighted by Crippen LogP contribution is -2.61. The van der Waals surface area contributed by atoms with Gasteiger partial charge in [-0.25, -0.2) is 4.98 Å². The van der Waals surface area contributed by atoms with Crippen molar-refractivity contribution in [3.05, 3.63) is 48.0 Å². The average molecular weight is 963 g/mol. The molecule has 1 saturated heterocycles. The molecule has 1 aliphatic rings. The Morgan fingerprint density at radius 2 is 1.58 bits per heavy atom. The molecule has 0 aliphatic carbocycles. The lowest BCUT2D eigenvalue weighted by atomic mass is 9.97. The number of nitrogens with zero attached hydrogens (tertiary/aromatic N) is 1. The number of nitrogens with two attached hydrogens (primary N) is 2. The molecule has 9 atom stereocenters. The second-order valence-corrected chi connectivity index (χ2v) is 18.3. The largest absolute Gasteiger partial charge is 0.508 e. The van der Waals surface area contributed by atoms with Crippen LogP contribution in [0.15, 0.2) is 36.8 Å². The Morgan fingerprint density at radius 3 is 2.18 bits per heavy atom. The molecule has 15 N–H and O–H groups in total. The van der Waals surface area contributed by atoms with E-state index in [1.807, 2.05) is 0 Å². The molecule has 1 aliphatic heterocycles. The number of aromatic hydroxyl groups is 1. The van der Waals surface area contributed by atoms with Gasteiger partial charge in [-0.05, 0) is 56.3 Å². The molecule has 364 valence electrons. The number of amides is 9. The highest BCUT2D eigenvalue weighted by atomic mass is 33.1. The Kier molecular flexibility index (Phi) is 22.7. The van der Waals surface area contributed by atoms with Gasteiger partial charge in [-0.2, -0.15) is 0 Å². The molecule has 23 nitrogen and oxygen atoms in total. The van der Waals surface area contributed by atoms with E-state index in [1.54, 1.807) is 13.8 Å². The first kappa shape index (κ1) is 54.4. The fraction of sp³-hybridized carbons (Fsp3) is 0.561. The molecule has 1 aromatic carbocycles. The highest BCUT2D eigenvalue weighted by Crippen LogP contribution is 2.24. The third-order valence-electron chi connectivity index (χ3n) is 10.4. The number of hydrogen-bond donors (Lipinski definition) is 13. The van der Waals surface area contributed by atoms with Crippen LogP contribution in [-0.2, 0) is 56.0 Å². The van der Waals surface area contributed by atoms with Gasteiger partial charge in [0, 0.05) is 43.2 Å². The zero-order valence-electron chi connectivity index (χ0n) is 37.2. The number of aromatic amines is 1. The maximum atomic E-state index is 14.2. The minimum atomic E-state index is -1.58. The highest BCUT2D eigenvalue weighted by molar-refractivity contribution is 8.76. The summed E-state index contributed by atoms with van der Waals surface area (Å²) in [5, 5.41) is 40.9. The third kappa shape index (κ3) is 18.2. The first-order chi connectivity index (χ1) is 31.3. The molecule has 2 heterocycles. The molecule has 1 aromatic heterocycles. The normalized spacial score (nSPS) is 19.9. The number of phenols is 1. The number of aromatic nitrogens is 2. The second kappa shape index (κ2) is 27.5. The number of H-pyrrole nitrogens is 1. The van der Waals surface area contributed by atoms with Crippen molar-refractivity contribution in [2.45, 2.75) is 115 Å².